The molecular weight excluding hydrogens is 224 g/mol. The molecule has 0 radical (unpaired) electrons. The second-order valence-corrected chi connectivity index (χ2v) is 5.16. The van der Waals surface area contributed by atoms with E-state index in [0.717, 1.165) is 45.6 Å². The molecule has 104 valence electrons. The van der Waals surface area contributed by atoms with E-state index in [1.807, 2.05) is 6.08 Å². The Morgan fingerprint density at radius 2 is 1.94 bits per heavy atom. The largest absolute Gasteiger partial charge is 0.340 e. The van der Waals surface area contributed by atoms with Crippen molar-refractivity contribution in [1.82, 2.24) is 9.80 Å². The standard InChI is InChI=1S/C15H28N2O/c1-4-7-8-14(6-3)15(18)17-12-10-16(9-5-2)11-13-17/h5,14H,2,4,6-13H2,1,3H3. The number of carbonyl (C=O) groups excluding carboxylic acids is 1. The van der Waals surface area contributed by atoms with Crippen molar-refractivity contribution < 1.29 is 4.79 Å². The van der Waals surface area contributed by atoms with Crippen LogP contribution >= 0.6 is 0 Å². The Hall–Kier alpha value is -0.830. The summed E-state index contributed by atoms with van der Waals surface area (Å²) in [4.78, 5) is 16.8. The monoisotopic (exact) mass is 252 g/mol. The lowest BCUT2D eigenvalue weighted by Crippen LogP contribution is -2.50. The first-order valence-electron chi connectivity index (χ1n) is 7.34. The minimum Gasteiger partial charge on any atom is -0.340 e. The predicted octanol–water partition coefficient (Wildman–Crippen LogP) is 2.53. The van der Waals surface area contributed by atoms with Gasteiger partial charge >= 0.3 is 0 Å². The second-order valence-electron chi connectivity index (χ2n) is 5.16. The van der Waals surface area contributed by atoms with Crippen LogP contribution in [0.2, 0.25) is 0 Å². The second kappa shape index (κ2) is 8.30. The average molecular weight is 252 g/mol. The number of rotatable bonds is 7. The van der Waals surface area contributed by atoms with Gasteiger partial charge in [0.25, 0.3) is 0 Å². The first kappa shape index (κ1) is 15.2. The van der Waals surface area contributed by atoms with Gasteiger partial charge in [0.15, 0.2) is 0 Å². The maximum Gasteiger partial charge on any atom is 0.225 e. The Morgan fingerprint density at radius 1 is 1.28 bits per heavy atom. The van der Waals surface area contributed by atoms with Crippen molar-refractivity contribution in [1.29, 1.82) is 0 Å². The maximum atomic E-state index is 12.4. The number of hydrogen-bond donors (Lipinski definition) is 0. The fourth-order valence-electron chi connectivity index (χ4n) is 2.54. The van der Waals surface area contributed by atoms with Gasteiger partial charge in [-0.1, -0.05) is 32.8 Å². The molecule has 1 rings (SSSR count). The smallest absolute Gasteiger partial charge is 0.225 e. The van der Waals surface area contributed by atoms with Crippen LogP contribution in [0.3, 0.4) is 0 Å². The summed E-state index contributed by atoms with van der Waals surface area (Å²) in [6.45, 7) is 12.8. The molecule has 0 aromatic carbocycles. The summed E-state index contributed by atoms with van der Waals surface area (Å²) >= 11 is 0. The third-order valence-electron chi connectivity index (χ3n) is 3.82. The van der Waals surface area contributed by atoms with Crippen LogP contribution in [0.1, 0.15) is 39.5 Å². The van der Waals surface area contributed by atoms with Crippen molar-refractivity contribution in [3.8, 4) is 0 Å². The highest BCUT2D eigenvalue weighted by Gasteiger charge is 2.25. The fraction of sp³-hybridized carbons (Fsp3) is 0.800. The number of piperazine rings is 1. The van der Waals surface area contributed by atoms with Gasteiger partial charge in [-0.2, -0.15) is 0 Å². The van der Waals surface area contributed by atoms with E-state index in [4.69, 9.17) is 0 Å². The number of amides is 1. The molecule has 1 aliphatic heterocycles. The summed E-state index contributed by atoms with van der Waals surface area (Å²) in [5, 5.41) is 0. The van der Waals surface area contributed by atoms with Gasteiger partial charge in [-0.3, -0.25) is 9.69 Å². The van der Waals surface area contributed by atoms with E-state index in [1.165, 1.54) is 12.8 Å². The van der Waals surface area contributed by atoms with E-state index in [-0.39, 0.29) is 5.92 Å². The highest BCUT2D eigenvalue weighted by molar-refractivity contribution is 5.78. The quantitative estimate of drug-likeness (QED) is 0.650. The number of unbranched alkanes of at least 4 members (excludes halogenated alkanes) is 1. The molecular formula is C15H28N2O. The van der Waals surface area contributed by atoms with Gasteiger partial charge in [0.1, 0.15) is 0 Å². The zero-order valence-corrected chi connectivity index (χ0v) is 12.0. The van der Waals surface area contributed by atoms with E-state index < -0.39 is 0 Å². The van der Waals surface area contributed by atoms with Crippen LogP contribution in [0, 0.1) is 5.92 Å². The molecule has 3 heteroatoms. The van der Waals surface area contributed by atoms with Gasteiger partial charge in [-0.05, 0) is 12.8 Å². The van der Waals surface area contributed by atoms with Gasteiger partial charge in [-0.25, -0.2) is 0 Å². The molecule has 0 bridgehead atoms. The number of carbonyl (C=O) groups is 1. The van der Waals surface area contributed by atoms with Crippen LogP contribution < -0.4 is 0 Å². The first-order valence-corrected chi connectivity index (χ1v) is 7.34. The highest BCUT2D eigenvalue weighted by atomic mass is 16.2. The molecule has 1 fully saturated rings. The molecule has 1 amide bonds. The van der Waals surface area contributed by atoms with Crippen molar-refractivity contribution in [3.05, 3.63) is 12.7 Å². The molecule has 1 saturated heterocycles. The van der Waals surface area contributed by atoms with E-state index in [9.17, 15) is 4.79 Å². The summed E-state index contributed by atoms with van der Waals surface area (Å²) in [6, 6.07) is 0. The Labute approximate surface area is 112 Å². The van der Waals surface area contributed by atoms with Crippen molar-refractivity contribution in [2.45, 2.75) is 39.5 Å². The lowest BCUT2D eigenvalue weighted by Gasteiger charge is -2.36. The summed E-state index contributed by atoms with van der Waals surface area (Å²) in [5.74, 6) is 0.625. The van der Waals surface area contributed by atoms with Gasteiger partial charge in [0.05, 0.1) is 0 Å². The molecule has 0 aromatic heterocycles. The van der Waals surface area contributed by atoms with Gasteiger partial charge < -0.3 is 4.90 Å². The van der Waals surface area contributed by atoms with Gasteiger partial charge in [0.2, 0.25) is 5.91 Å². The Bertz CT molecular complexity index is 257. The van der Waals surface area contributed by atoms with Crippen molar-refractivity contribution in [2.24, 2.45) is 5.92 Å². The molecule has 18 heavy (non-hydrogen) atoms. The molecule has 1 unspecified atom stereocenters. The van der Waals surface area contributed by atoms with Gasteiger partial charge in [0, 0.05) is 38.6 Å². The summed E-state index contributed by atoms with van der Waals surface area (Å²) < 4.78 is 0. The van der Waals surface area contributed by atoms with E-state index in [1.54, 1.807) is 0 Å². The molecule has 0 N–H and O–H groups in total. The zero-order chi connectivity index (χ0) is 13.4. The van der Waals surface area contributed by atoms with Crippen LogP contribution in [-0.4, -0.2) is 48.4 Å². The molecule has 0 saturated carbocycles. The third-order valence-corrected chi connectivity index (χ3v) is 3.82. The summed E-state index contributed by atoms with van der Waals surface area (Å²) in [7, 11) is 0. The number of nitrogens with zero attached hydrogens (tertiary/aromatic N) is 2. The minimum absolute atomic E-state index is 0.246. The Kier molecular flexibility index (Phi) is 7.02. The SMILES string of the molecule is C=CCN1CCN(C(=O)C(CC)CCCC)CC1. The van der Waals surface area contributed by atoms with Crippen molar-refractivity contribution in [3.63, 3.8) is 0 Å². The Balaban J connectivity index is 2.40. The van der Waals surface area contributed by atoms with E-state index in [2.05, 4.69) is 30.2 Å². The van der Waals surface area contributed by atoms with Crippen molar-refractivity contribution in [2.75, 3.05) is 32.7 Å². The van der Waals surface area contributed by atoms with E-state index in [0.29, 0.717) is 5.91 Å². The Morgan fingerprint density at radius 3 is 2.44 bits per heavy atom. The van der Waals surface area contributed by atoms with Crippen LogP contribution in [0.5, 0.6) is 0 Å². The van der Waals surface area contributed by atoms with Crippen molar-refractivity contribution >= 4 is 5.91 Å². The average Bonchev–Trinajstić information content (AvgIpc) is 2.40. The maximum absolute atomic E-state index is 12.4. The van der Waals surface area contributed by atoms with Crippen LogP contribution in [0.4, 0.5) is 0 Å². The summed E-state index contributed by atoms with van der Waals surface area (Å²) in [5.41, 5.74) is 0. The molecule has 1 aliphatic rings. The summed E-state index contributed by atoms with van der Waals surface area (Å²) in [6.07, 6.45) is 6.32. The minimum atomic E-state index is 0.246. The predicted molar refractivity (Wildman–Crippen MR) is 76.5 cm³/mol. The molecule has 0 spiro atoms. The molecule has 3 nitrogen and oxygen atoms in total. The first-order chi connectivity index (χ1) is 8.72. The van der Waals surface area contributed by atoms with Crippen LogP contribution in [0.15, 0.2) is 12.7 Å². The number of hydrogen-bond acceptors (Lipinski definition) is 2. The topological polar surface area (TPSA) is 23.6 Å². The van der Waals surface area contributed by atoms with Gasteiger partial charge in [-0.15, -0.1) is 6.58 Å². The van der Waals surface area contributed by atoms with Crippen LogP contribution in [-0.2, 0) is 4.79 Å². The highest BCUT2D eigenvalue weighted by Crippen LogP contribution is 2.17. The van der Waals surface area contributed by atoms with Crippen LogP contribution in [0.25, 0.3) is 0 Å². The molecule has 0 aliphatic carbocycles. The molecule has 1 atom stereocenters. The zero-order valence-electron chi connectivity index (χ0n) is 12.0. The normalized spacial score (nSPS) is 18.7. The lowest BCUT2D eigenvalue weighted by atomic mass is 9.97. The lowest BCUT2D eigenvalue weighted by molar-refractivity contribution is -0.137. The fourth-order valence-corrected chi connectivity index (χ4v) is 2.54. The molecule has 0 aromatic rings. The third kappa shape index (κ3) is 4.45. The molecule has 1 heterocycles. The van der Waals surface area contributed by atoms with E-state index >= 15 is 0 Å².